The van der Waals surface area contributed by atoms with Crippen LogP contribution in [0.1, 0.15) is 51.5 Å². The van der Waals surface area contributed by atoms with Crippen molar-refractivity contribution in [3.8, 4) is 0 Å². The van der Waals surface area contributed by atoms with Crippen LogP contribution < -0.4 is 5.32 Å². The van der Waals surface area contributed by atoms with E-state index in [1.165, 1.54) is 37.7 Å². The minimum absolute atomic E-state index is 0.369. The van der Waals surface area contributed by atoms with Gasteiger partial charge in [0.2, 0.25) is 0 Å². The third-order valence-corrected chi connectivity index (χ3v) is 5.17. The maximum atomic E-state index is 5.85. The molecule has 110 valence electrons. The van der Waals surface area contributed by atoms with Crippen LogP contribution in [0.25, 0.3) is 0 Å². The van der Waals surface area contributed by atoms with Gasteiger partial charge in [-0.2, -0.15) is 0 Å². The molecular weight excluding hydrogens is 246 g/mol. The molecule has 3 rings (SSSR count). The molecule has 1 N–H and O–H groups in total. The average Bonchev–Trinajstić information content (AvgIpc) is 2.97. The Labute approximate surface area is 122 Å². The fraction of sp³-hybridized carbons (Fsp3) is 0.667. The van der Waals surface area contributed by atoms with Gasteiger partial charge < -0.3 is 10.1 Å². The lowest BCUT2D eigenvalue weighted by atomic mass is 9.63. The zero-order valence-corrected chi connectivity index (χ0v) is 12.8. The van der Waals surface area contributed by atoms with Crippen molar-refractivity contribution in [2.75, 3.05) is 6.61 Å². The molecule has 0 amide bonds. The summed E-state index contributed by atoms with van der Waals surface area (Å²) in [5, 5.41) is 3.85. The normalized spacial score (nSPS) is 34.7. The molecule has 0 unspecified atom stereocenters. The highest BCUT2D eigenvalue weighted by atomic mass is 16.5. The highest BCUT2D eigenvalue weighted by molar-refractivity contribution is 5.28. The van der Waals surface area contributed by atoms with Gasteiger partial charge in [0.15, 0.2) is 0 Å². The summed E-state index contributed by atoms with van der Waals surface area (Å²) in [5.41, 5.74) is 1.86. The molecule has 1 heterocycles. The Morgan fingerprint density at radius 1 is 1.30 bits per heavy atom. The molecule has 1 saturated carbocycles. The molecule has 2 fully saturated rings. The molecule has 2 aliphatic rings. The third kappa shape index (κ3) is 2.77. The standard InChI is InChI=1S/C18H27NO/c1-3-16(17-10-7-11-20-17)19-15-12-18(2,13-15)14-8-5-4-6-9-14/h4-6,8-9,15-17,19H,3,7,10-13H2,1-2H3/t15?,16-,17+,18?/m0/s1. The molecule has 1 saturated heterocycles. The van der Waals surface area contributed by atoms with E-state index in [0.29, 0.717) is 23.6 Å². The molecule has 2 atom stereocenters. The Morgan fingerprint density at radius 2 is 2.05 bits per heavy atom. The van der Waals surface area contributed by atoms with Gasteiger partial charge in [-0.05, 0) is 43.1 Å². The van der Waals surface area contributed by atoms with Crippen molar-refractivity contribution >= 4 is 0 Å². The molecule has 1 aromatic carbocycles. The summed E-state index contributed by atoms with van der Waals surface area (Å²) < 4.78 is 5.85. The monoisotopic (exact) mass is 273 g/mol. The Morgan fingerprint density at radius 3 is 2.65 bits per heavy atom. The fourth-order valence-electron chi connectivity index (χ4n) is 3.93. The van der Waals surface area contributed by atoms with E-state index >= 15 is 0 Å². The molecule has 0 spiro atoms. The van der Waals surface area contributed by atoms with E-state index in [2.05, 4.69) is 49.5 Å². The van der Waals surface area contributed by atoms with E-state index in [9.17, 15) is 0 Å². The number of ether oxygens (including phenoxy) is 1. The van der Waals surface area contributed by atoms with E-state index in [0.717, 1.165) is 6.61 Å². The topological polar surface area (TPSA) is 21.3 Å². The lowest BCUT2D eigenvalue weighted by molar-refractivity contribution is 0.0588. The van der Waals surface area contributed by atoms with E-state index in [4.69, 9.17) is 4.74 Å². The molecule has 0 aromatic heterocycles. The van der Waals surface area contributed by atoms with Gasteiger partial charge in [0, 0.05) is 18.7 Å². The van der Waals surface area contributed by atoms with Gasteiger partial charge in [-0.25, -0.2) is 0 Å². The molecule has 0 radical (unpaired) electrons. The number of benzene rings is 1. The summed E-state index contributed by atoms with van der Waals surface area (Å²) >= 11 is 0. The van der Waals surface area contributed by atoms with Crippen LogP contribution in [0.4, 0.5) is 0 Å². The van der Waals surface area contributed by atoms with Gasteiger partial charge in [-0.15, -0.1) is 0 Å². The summed E-state index contributed by atoms with van der Waals surface area (Å²) in [7, 11) is 0. The summed E-state index contributed by atoms with van der Waals surface area (Å²) in [6.45, 7) is 5.62. The van der Waals surface area contributed by atoms with Crippen LogP contribution in [0.15, 0.2) is 30.3 Å². The maximum absolute atomic E-state index is 5.85. The van der Waals surface area contributed by atoms with Crippen molar-refractivity contribution in [3.05, 3.63) is 35.9 Å². The van der Waals surface area contributed by atoms with Gasteiger partial charge in [-0.1, -0.05) is 44.2 Å². The smallest absolute Gasteiger partial charge is 0.0728 e. The Bertz CT molecular complexity index is 418. The highest BCUT2D eigenvalue weighted by Crippen LogP contribution is 2.43. The summed E-state index contributed by atoms with van der Waals surface area (Å²) in [6, 6.07) is 12.2. The number of hydrogen-bond acceptors (Lipinski definition) is 2. The van der Waals surface area contributed by atoms with Crippen molar-refractivity contribution in [1.29, 1.82) is 0 Å². The first-order valence-electron chi connectivity index (χ1n) is 8.14. The molecule has 1 aromatic rings. The van der Waals surface area contributed by atoms with Crippen molar-refractivity contribution in [3.63, 3.8) is 0 Å². The minimum atomic E-state index is 0.369. The van der Waals surface area contributed by atoms with Crippen molar-refractivity contribution in [1.82, 2.24) is 5.32 Å². The van der Waals surface area contributed by atoms with Gasteiger partial charge in [0.25, 0.3) is 0 Å². The van der Waals surface area contributed by atoms with Crippen LogP contribution in [-0.4, -0.2) is 24.8 Å². The molecule has 2 heteroatoms. The maximum Gasteiger partial charge on any atom is 0.0728 e. The minimum Gasteiger partial charge on any atom is -0.377 e. The molecule has 20 heavy (non-hydrogen) atoms. The number of hydrogen-bond donors (Lipinski definition) is 1. The SMILES string of the molecule is CC[C@H](NC1CC(C)(c2ccccc2)C1)[C@H]1CCCO1. The zero-order chi connectivity index (χ0) is 14.0. The average molecular weight is 273 g/mol. The van der Waals surface area contributed by atoms with Gasteiger partial charge >= 0.3 is 0 Å². The van der Waals surface area contributed by atoms with Crippen molar-refractivity contribution in [2.45, 2.75) is 69.6 Å². The second kappa shape index (κ2) is 5.87. The number of nitrogens with one attached hydrogen (secondary N) is 1. The highest BCUT2D eigenvalue weighted by Gasteiger charge is 2.42. The first kappa shape index (κ1) is 14.1. The summed E-state index contributed by atoms with van der Waals surface area (Å²) in [5.74, 6) is 0. The van der Waals surface area contributed by atoms with E-state index in [-0.39, 0.29) is 0 Å². The Hall–Kier alpha value is -0.860. The van der Waals surface area contributed by atoms with Crippen molar-refractivity contribution < 1.29 is 4.74 Å². The predicted octanol–water partition coefficient (Wildman–Crippen LogP) is 3.65. The summed E-state index contributed by atoms with van der Waals surface area (Å²) in [6.07, 6.45) is 6.58. The van der Waals surface area contributed by atoms with Crippen LogP contribution >= 0.6 is 0 Å². The lowest BCUT2D eigenvalue weighted by Crippen LogP contribution is -2.55. The Kier molecular flexibility index (Phi) is 4.13. The van der Waals surface area contributed by atoms with E-state index in [1.54, 1.807) is 0 Å². The Balaban J connectivity index is 1.54. The largest absolute Gasteiger partial charge is 0.377 e. The zero-order valence-electron chi connectivity index (χ0n) is 12.8. The van der Waals surface area contributed by atoms with Crippen LogP contribution in [0.3, 0.4) is 0 Å². The third-order valence-electron chi connectivity index (χ3n) is 5.17. The molecule has 2 nitrogen and oxygen atoms in total. The van der Waals surface area contributed by atoms with Crippen LogP contribution in [-0.2, 0) is 10.2 Å². The van der Waals surface area contributed by atoms with Gasteiger partial charge in [-0.3, -0.25) is 0 Å². The van der Waals surface area contributed by atoms with Crippen LogP contribution in [0.5, 0.6) is 0 Å². The lowest BCUT2D eigenvalue weighted by Gasteiger charge is -2.48. The quantitative estimate of drug-likeness (QED) is 0.884. The second-order valence-corrected chi connectivity index (χ2v) is 6.76. The molecular formula is C18H27NO. The first-order chi connectivity index (χ1) is 9.71. The number of rotatable bonds is 5. The second-order valence-electron chi connectivity index (χ2n) is 6.76. The first-order valence-corrected chi connectivity index (χ1v) is 8.14. The molecule has 1 aliphatic carbocycles. The molecule has 1 aliphatic heterocycles. The summed E-state index contributed by atoms with van der Waals surface area (Å²) in [4.78, 5) is 0. The van der Waals surface area contributed by atoms with E-state index in [1.807, 2.05) is 0 Å². The van der Waals surface area contributed by atoms with E-state index < -0.39 is 0 Å². The van der Waals surface area contributed by atoms with Crippen LogP contribution in [0.2, 0.25) is 0 Å². The molecule has 0 bridgehead atoms. The van der Waals surface area contributed by atoms with Crippen LogP contribution in [0, 0.1) is 0 Å². The fourth-order valence-corrected chi connectivity index (χ4v) is 3.93. The predicted molar refractivity (Wildman–Crippen MR) is 83.0 cm³/mol. The van der Waals surface area contributed by atoms with Gasteiger partial charge in [0.05, 0.1) is 6.10 Å². The van der Waals surface area contributed by atoms with Gasteiger partial charge in [0.1, 0.15) is 0 Å². The van der Waals surface area contributed by atoms with Crippen molar-refractivity contribution in [2.24, 2.45) is 0 Å².